The van der Waals surface area contributed by atoms with Crippen molar-refractivity contribution in [3.8, 4) is 0 Å². The van der Waals surface area contributed by atoms with E-state index in [1.807, 2.05) is 0 Å². The second kappa shape index (κ2) is 7.10. The van der Waals surface area contributed by atoms with Crippen molar-refractivity contribution in [3.63, 3.8) is 0 Å². The van der Waals surface area contributed by atoms with Gasteiger partial charge in [0.25, 0.3) is 0 Å². The fraction of sp³-hybridized carbons (Fsp3) is 0.471. The number of fused-ring (bicyclic) bond motifs is 2. The monoisotopic (exact) mass is 429 g/mol. The van der Waals surface area contributed by atoms with E-state index in [0.29, 0.717) is 12.1 Å². The Balaban J connectivity index is 1.47. The molecule has 12 heteroatoms. The van der Waals surface area contributed by atoms with E-state index in [-0.39, 0.29) is 54.8 Å². The van der Waals surface area contributed by atoms with Crippen molar-refractivity contribution in [1.29, 1.82) is 0 Å². The maximum atomic E-state index is 12.9. The van der Waals surface area contributed by atoms with E-state index in [1.165, 1.54) is 22.8 Å². The molecule has 3 heterocycles. The number of carbonyl (C=O) groups excluding carboxylic acids is 1. The van der Waals surface area contributed by atoms with Crippen LogP contribution in [-0.4, -0.2) is 35.3 Å². The molecule has 0 aliphatic carbocycles. The maximum absolute atomic E-state index is 12.9. The number of nitrogens with one attached hydrogen (secondary N) is 2. The lowest BCUT2D eigenvalue weighted by atomic mass is 9.97. The van der Waals surface area contributed by atoms with Gasteiger partial charge >= 0.3 is 6.18 Å². The molecule has 1 amide bonds. The lowest BCUT2D eigenvalue weighted by Crippen LogP contribution is -2.32. The van der Waals surface area contributed by atoms with Crippen LogP contribution in [0.4, 0.5) is 18.9 Å². The molecule has 4 rings (SSSR count). The van der Waals surface area contributed by atoms with Crippen LogP contribution in [0, 0.1) is 5.92 Å². The standard InChI is InChI=1S/C17H18F3N5O3S/c18-17(19,20)11-5-6-25-14(8-11)23-24-15(25)9-21-29(27,28)12-2-3-13-10(7-12)1-4-16(26)22-13/h2-3,7,11,21H,1,4-6,8-9H2,(H,22,26). The summed E-state index contributed by atoms with van der Waals surface area (Å²) in [5, 5.41) is 10.3. The first-order valence-corrected chi connectivity index (χ1v) is 10.5. The Bertz CT molecular complexity index is 1060. The predicted octanol–water partition coefficient (Wildman–Crippen LogP) is 1.77. The molecule has 2 N–H and O–H groups in total. The molecular weight excluding hydrogens is 411 g/mol. The number of aryl methyl sites for hydroxylation is 1. The van der Waals surface area contributed by atoms with Gasteiger partial charge < -0.3 is 9.88 Å². The van der Waals surface area contributed by atoms with Gasteiger partial charge in [0.2, 0.25) is 15.9 Å². The zero-order chi connectivity index (χ0) is 20.8. The first-order valence-electron chi connectivity index (χ1n) is 9.03. The molecule has 0 radical (unpaired) electrons. The normalized spacial score (nSPS) is 19.4. The van der Waals surface area contributed by atoms with Gasteiger partial charge in [-0.3, -0.25) is 4.79 Å². The van der Waals surface area contributed by atoms with Crippen LogP contribution in [0.25, 0.3) is 0 Å². The highest BCUT2D eigenvalue weighted by atomic mass is 32.2. The number of sulfonamides is 1. The number of nitrogens with zero attached hydrogens (tertiary/aromatic N) is 3. The van der Waals surface area contributed by atoms with Crippen LogP contribution in [0.3, 0.4) is 0 Å². The zero-order valence-electron chi connectivity index (χ0n) is 15.2. The average molecular weight is 429 g/mol. The van der Waals surface area contributed by atoms with Crippen molar-refractivity contribution in [2.75, 3.05) is 5.32 Å². The smallest absolute Gasteiger partial charge is 0.326 e. The highest BCUT2D eigenvalue weighted by molar-refractivity contribution is 7.89. The van der Waals surface area contributed by atoms with Gasteiger partial charge in [-0.2, -0.15) is 13.2 Å². The van der Waals surface area contributed by atoms with Crippen molar-refractivity contribution < 1.29 is 26.4 Å². The Kier molecular flexibility index (Phi) is 4.85. The summed E-state index contributed by atoms with van der Waals surface area (Å²) in [5.41, 5.74) is 1.32. The molecule has 156 valence electrons. The summed E-state index contributed by atoms with van der Waals surface area (Å²) in [7, 11) is -3.87. The third kappa shape index (κ3) is 3.99. The van der Waals surface area contributed by atoms with Crippen LogP contribution in [0.1, 0.15) is 30.1 Å². The van der Waals surface area contributed by atoms with Gasteiger partial charge in [-0.15, -0.1) is 10.2 Å². The number of amides is 1. The number of rotatable bonds is 4. The average Bonchev–Trinajstić information content (AvgIpc) is 3.07. The summed E-state index contributed by atoms with van der Waals surface area (Å²) in [6.07, 6.45) is -3.91. The summed E-state index contributed by atoms with van der Waals surface area (Å²) >= 11 is 0. The summed E-state index contributed by atoms with van der Waals surface area (Å²) in [6.45, 7) is -0.0953. The van der Waals surface area contributed by atoms with Crippen LogP contribution < -0.4 is 10.0 Å². The molecule has 0 bridgehead atoms. The second-order valence-corrected chi connectivity index (χ2v) is 8.87. The van der Waals surface area contributed by atoms with E-state index >= 15 is 0 Å². The fourth-order valence-corrected chi connectivity index (χ4v) is 4.60. The molecule has 2 aliphatic heterocycles. The quantitative estimate of drug-likeness (QED) is 0.771. The van der Waals surface area contributed by atoms with E-state index in [2.05, 4.69) is 20.2 Å². The Morgan fingerprint density at radius 3 is 2.79 bits per heavy atom. The van der Waals surface area contributed by atoms with Crippen molar-refractivity contribution in [1.82, 2.24) is 19.5 Å². The minimum Gasteiger partial charge on any atom is -0.326 e. The summed E-state index contributed by atoms with van der Waals surface area (Å²) in [6, 6.07) is 4.43. The van der Waals surface area contributed by atoms with E-state index in [1.54, 1.807) is 0 Å². The summed E-state index contributed by atoms with van der Waals surface area (Å²) < 4.78 is 67.9. The van der Waals surface area contributed by atoms with Crippen molar-refractivity contribution in [2.45, 2.75) is 49.8 Å². The molecule has 8 nitrogen and oxygen atoms in total. The largest absolute Gasteiger partial charge is 0.392 e. The molecule has 1 aromatic carbocycles. The predicted molar refractivity (Wildman–Crippen MR) is 95.3 cm³/mol. The van der Waals surface area contributed by atoms with Crippen molar-refractivity contribution in [3.05, 3.63) is 35.4 Å². The second-order valence-electron chi connectivity index (χ2n) is 7.11. The molecule has 29 heavy (non-hydrogen) atoms. The van der Waals surface area contributed by atoms with Gasteiger partial charge in [0.15, 0.2) is 0 Å². The number of alkyl halides is 3. The minimum atomic E-state index is -4.29. The number of aromatic nitrogens is 3. The topological polar surface area (TPSA) is 106 Å². The molecule has 2 aliphatic rings. The molecule has 2 aromatic rings. The lowest BCUT2D eigenvalue weighted by molar-refractivity contribution is -0.179. The molecule has 0 saturated heterocycles. The maximum Gasteiger partial charge on any atom is 0.392 e. The van der Waals surface area contributed by atoms with E-state index in [9.17, 15) is 26.4 Å². The Morgan fingerprint density at radius 2 is 2.03 bits per heavy atom. The fourth-order valence-electron chi connectivity index (χ4n) is 3.57. The number of hydrogen-bond donors (Lipinski definition) is 2. The molecular formula is C17H18F3N5O3S. The Hall–Kier alpha value is -2.47. The van der Waals surface area contributed by atoms with Crippen LogP contribution in [0.15, 0.2) is 23.1 Å². The number of halogens is 3. The third-order valence-corrected chi connectivity index (χ3v) is 6.60. The van der Waals surface area contributed by atoms with Gasteiger partial charge in [0, 0.05) is 25.1 Å². The lowest BCUT2D eigenvalue weighted by Gasteiger charge is -2.25. The highest BCUT2D eigenvalue weighted by Gasteiger charge is 2.42. The van der Waals surface area contributed by atoms with E-state index < -0.39 is 22.1 Å². The first kappa shape index (κ1) is 19.8. The summed E-state index contributed by atoms with van der Waals surface area (Å²) in [5.74, 6) is -1.10. The molecule has 1 aromatic heterocycles. The summed E-state index contributed by atoms with van der Waals surface area (Å²) in [4.78, 5) is 11.5. The Labute approximate surface area is 164 Å². The SMILES string of the molecule is O=C1CCc2cc(S(=O)(=O)NCc3nnc4n3CCC(C(F)(F)F)C4)ccc2N1. The van der Waals surface area contributed by atoms with Crippen LogP contribution in [-0.2, 0) is 40.7 Å². The molecule has 1 unspecified atom stereocenters. The van der Waals surface area contributed by atoms with Crippen LogP contribution >= 0.6 is 0 Å². The molecule has 0 fully saturated rings. The Morgan fingerprint density at radius 1 is 1.24 bits per heavy atom. The van der Waals surface area contributed by atoms with Crippen molar-refractivity contribution >= 4 is 21.6 Å². The van der Waals surface area contributed by atoms with Crippen molar-refractivity contribution in [2.24, 2.45) is 5.92 Å². The number of benzene rings is 1. The zero-order valence-corrected chi connectivity index (χ0v) is 16.0. The van der Waals surface area contributed by atoms with Gasteiger partial charge in [0.05, 0.1) is 17.4 Å². The van der Waals surface area contributed by atoms with Gasteiger partial charge in [-0.25, -0.2) is 13.1 Å². The van der Waals surface area contributed by atoms with Gasteiger partial charge in [-0.05, 0) is 36.6 Å². The number of anilines is 1. The van der Waals surface area contributed by atoms with E-state index in [0.717, 1.165) is 5.56 Å². The van der Waals surface area contributed by atoms with E-state index in [4.69, 9.17) is 0 Å². The van der Waals surface area contributed by atoms with Crippen LogP contribution in [0.2, 0.25) is 0 Å². The highest BCUT2D eigenvalue weighted by Crippen LogP contribution is 2.34. The molecule has 0 saturated carbocycles. The van der Waals surface area contributed by atoms with Gasteiger partial charge in [-0.1, -0.05) is 0 Å². The minimum absolute atomic E-state index is 0.0444. The number of hydrogen-bond acceptors (Lipinski definition) is 5. The van der Waals surface area contributed by atoms with Crippen LogP contribution in [0.5, 0.6) is 0 Å². The molecule has 0 spiro atoms. The molecule has 1 atom stereocenters. The number of carbonyl (C=O) groups is 1. The first-order chi connectivity index (χ1) is 13.6. The third-order valence-electron chi connectivity index (χ3n) is 5.20. The van der Waals surface area contributed by atoms with Gasteiger partial charge in [0.1, 0.15) is 11.6 Å².